The average Bonchev–Trinajstić information content (AvgIpc) is 3.16. The van der Waals surface area contributed by atoms with E-state index in [4.69, 9.17) is 10.1 Å². The molecular formula is C18H25N7OS. The molecule has 0 aliphatic carbocycles. The van der Waals surface area contributed by atoms with Gasteiger partial charge in [0.25, 0.3) is 0 Å². The summed E-state index contributed by atoms with van der Waals surface area (Å²) < 4.78 is 1.71. The minimum atomic E-state index is 0. The summed E-state index contributed by atoms with van der Waals surface area (Å²) in [6.07, 6.45) is 9.46. The molecule has 0 unspecified atom stereocenters. The molecule has 4 rings (SSSR count). The number of aliphatic hydroxyl groups excluding tert-OH is 1. The second-order valence-electron chi connectivity index (χ2n) is 6.59. The number of pyridine rings is 1. The highest BCUT2D eigenvalue weighted by Gasteiger charge is 2.15. The lowest BCUT2D eigenvalue weighted by Crippen LogP contribution is -2.33. The minimum Gasteiger partial charge on any atom is -0.394 e. The Kier molecular flexibility index (Phi) is 6.59. The molecule has 1 atom stereocenters. The van der Waals surface area contributed by atoms with E-state index in [2.05, 4.69) is 25.7 Å². The quantitative estimate of drug-likeness (QED) is 0.588. The van der Waals surface area contributed by atoms with Crippen molar-refractivity contribution < 1.29 is 5.11 Å². The molecule has 1 aliphatic heterocycles. The summed E-state index contributed by atoms with van der Waals surface area (Å²) in [5.41, 5.74) is 3.28. The fraction of sp³-hybridized carbons (Fsp3) is 0.444. The van der Waals surface area contributed by atoms with Crippen molar-refractivity contribution in [1.82, 2.24) is 30.0 Å². The van der Waals surface area contributed by atoms with Crippen molar-refractivity contribution in [2.24, 2.45) is 5.92 Å². The van der Waals surface area contributed by atoms with Gasteiger partial charge in [-0.3, -0.25) is 9.67 Å². The van der Waals surface area contributed by atoms with Crippen LogP contribution >= 0.6 is 13.5 Å². The Morgan fingerprint density at radius 3 is 3.00 bits per heavy atom. The Morgan fingerprint density at radius 2 is 2.19 bits per heavy atom. The van der Waals surface area contributed by atoms with Gasteiger partial charge in [0.15, 0.2) is 5.82 Å². The second-order valence-corrected chi connectivity index (χ2v) is 6.59. The van der Waals surface area contributed by atoms with Crippen LogP contribution in [0, 0.1) is 5.92 Å². The maximum Gasteiger partial charge on any atom is 0.154 e. The molecular weight excluding hydrogens is 362 g/mol. The number of hydrogen-bond donors (Lipinski definition) is 3. The monoisotopic (exact) mass is 387 g/mol. The Bertz CT molecular complexity index is 879. The van der Waals surface area contributed by atoms with Gasteiger partial charge >= 0.3 is 0 Å². The summed E-state index contributed by atoms with van der Waals surface area (Å²) in [5, 5.41) is 20.3. The molecule has 144 valence electrons. The normalized spacial score (nSPS) is 16.9. The third-order valence-electron chi connectivity index (χ3n) is 4.67. The molecule has 1 saturated heterocycles. The number of hydrogen-bond acceptors (Lipinski definition) is 7. The van der Waals surface area contributed by atoms with Crippen molar-refractivity contribution in [3.63, 3.8) is 0 Å². The van der Waals surface area contributed by atoms with Crippen molar-refractivity contribution in [2.75, 3.05) is 31.6 Å². The van der Waals surface area contributed by atoms with E-state index in [1.807, 2.05) is 12.3 Å². The van der Waals surface area contributed by atoms with E-state index in [-0.39, 0.29) is 20.1 Å². The van der Waals surface area contributed by atoms with Gasteiger partial charge in [-0.25, -0.2) is 9.97 Å². The summed E-state index contributed by atoms with van der Waals surface area (Å²) in [4.78, 5) is 13.7. The number of aliphatic hydroxyl groups is 1. The van der Waals surface area contributed by atoms with Gasteiger partial charge in [-0.2, -0.15) is 18.6 Å². The molecule has 9 heteroatoms. The number of nitrogens with zero attached hydrogens (tertiary/aromatic N) is 5. The van der Waals surface area contributed by atoms with Gasteiger partial charge in [-0.05, 0) is 37.9 Å². The molecule has 1 fully saturated rings. The van der Waals surface area contributed by atoms with Crippen LogP contribution in [0.2, 0.25) is 0 Å². The maximum absolute atomic E-state index is 9.07. The van der Waals surface area contributed by atoms with Crippen molar-refractivity contribution >= 4 is 30.3 Å². The van der Waals surface area contributed by atoms with Crippen LogP contribution in [0.25, 0.3) is 22.3 Å². The standard InChI is InChI=1S/C18H23N7O.H2S/c26-7-6-25-12-14(11-23-25)15-8-16-17(21-5-4-20-16)18(24-15)22-10-13-2-1-3-19-9-13;/h4-5,8,11-13,19,26H,1-3,6-7,9-10H2,(H,22,24);1H2/t13-;/m0./s1. The van der Waals surface area contributed by atoms with E-state index < -0.39 is 0 Å². The van der Waals surface area contributed by atoms with E-state index in [0.717, 1.165) is 47.7 Å². The summed E-state index contributed by atoms with van der Waals surface area (Å²) in [5.74, 6) is 1.35. The molecule has 3 N–H and O–H groups in total. The van der Waals surface area contributed by atoms with E-state index in [9.17, 15) is 0 Å². The summed E-state index contributed by atoms with van der Waals surface area (Å²) in [6.45, 7) is 3.52. The van der Waals surface area contributed by atoms with Crippen LogP contribution in [0.4, 0.5) is 5.82 Å². The van der Waals surface area contributed by atoms with E-state index in [1.165, 1.54) is 12.8 Å². The molecule has 0 bridgehead atoms. The van der Waals surface area contributed by atoms with Crippen LogP contribution in [-0.2, 0) is 6.54 Å². The Balaban J connectivity index is 0.00000210. The molecule has 1 aliphatic rings. The predicted molar refractivity (Wildman–Crippen MR) is 110 cm³/mol. The van der Waals surface area contributed by atoms with Crippen LogP contribution in [0.15, 0.2) is 30.9 Å². The lowest BCUT2D eigenvalue weighted by molar-refractivity contribution is 0.269. The maximum atomic E-state index is 9.07. The Hall–Kier alpha value is -2.23. The molecule has 4 heterocycles. The average molecular weight is 388 g/mol. The number of nitrogens with one attached hydrogen (secondary N) is 2. The number of anilines is 1. The lowest BCUT2D eigenvalue weighted by Gasteiger charge is -2.23. The van der Waals surface area contributed by atoms with Gasteiger partial charge in [0.1, 0.15) is 5.52 Å². The van der Waals surface area contributed by atoms with Crippen LogP contribution in [-0.4, -0.2) is 56.1 Å². The van der Waals surface area contributed by atoms with Crippen LogP contribution < -0.4 is 10.6 Å². The van der Waals surface area contributed by atoms with E-state index in [0.29, 0.717) is 12.5 Å². The molecule has 0 saturated carbocycles. The molecule has 0 aromatic carbocycles. The van der Waals surface area contributed by atoms with Gasteiger partial charge in [-0.1, -0.05) is 0 Å². The lowest BCUT2D eigenvalue weighted by atomic mass is 10.00. The van der Waals surface area contributed by atoms with Gasteiger partial charge < -0.3 is 15.7 Å². The van der Waals surface area contributed by atoms with Crippen molar-refractivity contribution in [3.05, 3.63) is 30.9 Å². The van der Waals surface area contributed by atoms with Crippen LogP contribution in [0.5, 0.6) is 0 Å². The molecule has 0 radical (unpaired) electrons. The van der Waals surface area contributed by atoms with Crippen LogP contribution in [0.3, 0.4) is 0 Å². The first kappa shape index (κ1) is 19.5. The van der Waals surface area contributed by atoms with Crippen molar-refractivity contribution in [3.8, 4) is 11.3 Å². The molecule has 27 heavy (non-hydrogen) atoms. The molecule has 0 amide bonds. The Morgan fingerprint density at radius 1 is 1.30 bits per heavy atom. The summed E-state index contributed by atoms with van der Waals surface area (Å²) in [7, 11) is 0. The number of fused-ring (bicyclic) bond motifs is 1. The van der Waals surface area contributed by atoms with Gasteiger partial charge in [0.2, 0.25) is 0 Å². The highest BCUT2D eigenvalue weighted by molar-refractivity contribution is 7.59. The third kappa shape index (κ3) is 4.55. The topological polar surface area (TPSA) is 101 Å². The zero-order valence-corrected chi connectivity index (χ0v) is 16.1. The SMILES string of the molecule is OCCn1cc(-c2cc3nccnc3c(NC[C@H]3CCCNC3)n2)cn1.S. The van der Waals surface area contributed by atoms with Gasteiger partial charge in [-0.15, -0.1) is 0 Å². The summed E-state index contributed by atoms with van der Waals surface area (Å²) >= 11 is 0. The zero-order chi connectivity index (χ0) is 17.8. The highest BCUT2D eigenvalue weighted by atomic mass is 32.1. The highest BCUT2D eigenvalue weighted by Crippen LogP contribution is 2.25. The van der Waals surface area contributed by atoms with Gasteiger partial charge in [0.05, 0.1) is 30.6 Å². The van der Waals surface area contributed by atoms with Crippen molar-refractivity contribution in [1.29, 1.82) is 0 Å². The first-order chi connectivity index (χ1) is 12.8. The number of aromatic nitrogens is 5. The number of piperidine rings is 1. The fourth-order valence-electron chi connectivity index (χ4n) is 3.30. The first-order valence-electron chi connectivity index (χ1n) is 9.03. The van der Waals surface area contributed by atoms with Crippen LogP contribution in [0.1, 0.15) is 12.8 Å². The predicted octanol–water partition coefficient (Wildman–Crippen LogP) is 1.40. The minimum absolute atomic E-state index is 0. The Labute approximate surface area is 164 Å². The smallest absolute Gasteiger partial charge is 0.154 e. The molecule has 8 nitrogen and oxygen atoms in total. The molecule has 0 spiro atoms. The van der Waals surface area contributed by atoms with E-state index in [1.54, 1.807) is 23.3 Å². The fourth-order valence-corrected chi connectivity index (χ4v) is 3.30. The third-order valence-corrected chi connectivity index (χ3v) is 4.67. The largest absolute Gasteiger partial charge is 0.394 e. The molecule has 3 aromatic rings. The zero-order valence-electron chi connectivity index (χ0n) is 15.1. The van der Waals surface area contributed by atoms with Crippen molar-refractivity contribution in [2.45, 2.75) is 19.4 Å². The first-order valence-corrected chi connectivity index (χ1v) is 9.03. The number of rotatable bonds is 6. The van der Waals surface area contributed by atoms with Gasteiger partial charge in [0, 0.05) is 30.7 Å². The molecule has 3 aromatic heterocycles. The van der Waals surface area contributed by atoms with E-state index >= 15 is 0 Å². The summed E-state index contributed by atoms with van der Waals surface area (Å²) in [6, 6.07) is 1.93. The second kappa shape index (κ2) is 9.12.